The first kappa shape index (κ1) is 10.5. The van der Waals surface area contributed by atoms with Gasteiger partial charge in [-0.25, -0.2) is 4.79 Å². The summed E-state index contributed by atoms with van der Waals surface area (Å²) in [5.41, 5.74) is 0.473. The van der Waals surface area contributed by atoms with Crippen molar-refractivity contribution in [1.29, 1.82) is 0 Å². The maximum absolute atomic E-state index is 11.4. The molecule has 0 aliphatic rings. The molecular weight excluding hydrogens is 180 g/mol. The van der Waals surface area contributed by atoms with Crippen LogP contribution in [-0.4, -0.2) is 17.7 Å². The van der Waals surface area contributed by atoms with Gasteiger partial charge in [-0.3, -0.25) is 0 Å². The minimum Gasteiger partial charge on any atom is -0.425 e. The minimum atomic E-state index is -0.451. The van der Waals surface area contributed by atoms with Crippen molar-refractivity contribution >= 4 is 5.97 Å². The van der Waals surface area contributed by atoms with Gasteiger partial charge in [-0.05, 0) is 25.1 Å². The van der Waals surface area contributed by atoms with E-state index in [1.165, 1.54) is 0 Å². The number of hydrogen-bond donors (Lipinski definition) is 1. The molecule has 1 aromatic carbocycles. The first-order valence-electron chi connectivity index (χ1n) is 4.31. The van der Waals surface area contributed by atoms with E-state index in [1.54, 1.807) is 37.3 Å². The van der Waals surface area contributed by atoms with Crippen LogP contribution in [0.4, 0.5) is 0 Å². The third-order valence-electron chi connectivity index (χ3n) is 1.71. The number of carbonyl (C=O) groups is 1. The van der Waals surface area contributed by atoms with Crippen molar-refractivity contribution in [3.8, 4) is 0 Å². The van der Waals surface area contributed by atoms with E-state index in [0.717, 1.165) is 0 Å². The third-order valence-corrected chi connectivity index (χ3v) is 1.71. The Balaban J connectivity index is 2.68. The molecule has 3 heteroatoms. The predicted octanol–water partition coefficient (Wildman–Crippen LogP) is 1.74. The molecule has 0 aromatic heterocycles. The van der Waals surface area contributed by atoms with E-state index in [2.05, 4.69) is 0 Å². The summed E-state index contributed by atoms with van der Waals surface area (Å²) >= 11 is 0. The van der Waals surface area contributed by atoms with Gasteiger partial charge < -0.3 is 9.84 Å². The van der Waals surface area contributed by atoms with Crippen molar-refractivity contribution in [2.75, 3.05) is 6.61 Å². The average Bonchev–Trinajstić information content (AvgIpc) is 2.26. The fraction of sp³-hybridized carbons (Fsp3) is 0.182. The Morgan fingerprint density at radius 2 is 2.07 bits per heavy atom. The summed E-state index contributed by atoms with van der Waals surface area (Å²) in [4.78, 5) is 11.4. The summed E-state index contributed by atoms with van der Waals surface area (Å²) < 4.78 is 4.91. The van der Waals surface area contributed by atoms with Crippen LogP contribution in [0.15, 0.2) is 42.2 Å². The van der Waals surface area contributed by atoms with E-state index in [-0.39, 0.29) is 12.4 Å². The molecule has 0 bridgehead atoms. The molecule has 1 rings (SSSR count). The monoisotopic (exact) mass is 192 g/mol. The zero-order chi connectivity index (χ0) is 10.4. The highest BCUT2D eigenvalue weighted by Gasteiger charge is 2.07. The Hall–Kier alpha value is -1.61. The Bertz CT molecular complexity index is 328. The maximum Gasteiger partial charge on any atom is 0.343 e. The van der Waals surface area contributed by atoms with E-state index in [9.17, 15) is 4.79 Å². The van der Waals surface area contributed by atoms with E-state index in [1.807, 2.05) is 6.07 Å². The van der Waals surface area contributed by atoms with E-state index >= 15 is 0 Å². The van der Waals surface area contributed by atoms with E-state index in [0.29, 0.717) is 5.56 Å². The Morgan fingerprint density at radius 3 is 2.57 bits per heavy atom. The van der Waals surface area contributed by atoms with Crippen molar-refractivity contribution in [3.63, 3.8) is 0 Å². The number of hydrogen-bond acceptors (Lipinski definition) is 3. The molecule has 1 aromatic rings. The zero-order valence-electron chi connectivity index (χ0n) is 7.93. The van der Waals surface area contributed by atoms with Crippen LogP contribution >= 0.6 is 0 Å². The third kappa shape index (κ3) is 2.71. The largest absolute Gasteiger partial charge is 0.425 e. The number of rotatable bonds is 3. The van der Waals surface area contributed by atoms with Gasteiger partial charge in [-0.1, -0.05) is 18.2 Å². The second-order valence-electron chi connectivity index (χ2n) is 2.67. The van der Waals surface area contributed by atoms with Crippen LogP contribution in [0.1, 0.15) is 17.3 Å². The summed E-state index contributed by atoms with van der Waals surface area (Å²) in [6.07, 6.45) is 1.56. The molecule has 0 aliphatic carbocycles. The Labute approximate surface area is 82.6 Å². The lowest BCUT2D eigenvalue weighted by atomic mass is 10.2. The number of aliphatic hydroxyl groups excluding tert-OH is 1. The smallest absolute Gasteiger partial charge is 0.343 e. The zero-order valence-corrected chi connectivity index (χ0v) is 7.93. The minimum absolute atomic E-state index is 0.263. The van der Waals surface area contributed by atoms with Crippen molar-refractivity contribution in [2.24, 2.45) is 0 Å². The van der Waals surface area contributed by atoms with Crippen LogP contribution in [0.3, 0.4) is 0 Å². The van der Waals surface area contributed by atoms with Gasteiger partial charge in [0.2, 0.25) is 0 Å². The topological polar surface area (TPSA) is 46.5 Å². The molecule has 14 heavy (non-hydrogen) atoms. The van der Waals surface area contributed by atoms with Crippen molar-refractivity contribution < 1.29 is 14.6 Å². The van der Waals surface area contributed by atoms with Crippen LogP contribution in [-0.2, 0) is 4.74 Å². The van der Waals surface area contributed by atoms with Crippen molar-refractivity contribution in [3.05, 3.63) is 47.7 Å². The van der Waals surface area contributed by atoms with Gasteiger partial charge in [0.05, 0.1) is 5.56 Å². The number of ether oxygens (including phenoxy) is 1. The number of benzene rings is 1. The van der Waals surface area contributed by atoms with Gasteiger partial charge in [-0.15, -0.1) is 0 Å². The molecule has 0 spiro atoms. The summed E-state index contributed by atoms with van der Waals surface area (Å²) in [7, 11) is 0. The van der Waals surface area contributed by atoms with Gasteiger partial charge in [0, 0.05) is 0 Å². The SMILES string of the molecule is CC=C(CO)OC(=O)c1ccccc1. The summed E-state index contributed by atoms with van der Waals surface area (Å²) in [5, 5.41) is 8.78. The molecule has 0 saturated carbocycles. The normalized spacial score (nSPS) is 11.1. The molecule has 3 nitrogen and oxygen atoms in total. The van der Waals surface area contributed by atoms with Gasteiger partial charge in [-0.2, -0.15) is 0 Å². The van der Waals surface area contributed by atoms with Gasteiger partial charge in [0.15, 0.2) is 0 Å². The van der Waals surface area contributed by atoms with E-state index in [4.69, 9.17) is 9.84 Å². The molecule has 0 aliphatic heterocycles. The molecule has 0 radical (unpaired) electrons. The van der Waals surface area contributed by atoms with Crippen LogP contribution < -0.4 is 0 Å². The second-order valence-corrected chi connectivity index (χ2v) is 2.67. The van der Waals surface area contributed by atoms with Crippen LogP contribution in [0, 0.1) is 0 Å². The standard InChI is InChI=1S/C11H12O3/c1-2-10(8-12)14-11(13)9-6-4-3-5-7-9/h2-7,12H,8H2,1H3. The summed E-state index contributed by atoms with van der Waals surface area (Å²) in [6, 6.07) is 8.65. The molecule has 0 amide bonds. The second kappa shape index (κ2) is 5.19. The highest BCUT2D eigenvalue weighted by molar-refractivity contribution is 5.89. The number of esters is 1. The predicted molar refractivity (Wildman–Crippen MR) is 52.7 cm³/mol. The highest BCUT2D eigenvalue weighted by atomic mass is 16.5. The molecule has 0 fully saturated rings. The first-order valence-corrected chi connectivity index (χ1v) is 4.31. The fourth-order valence-corrected chi connectivity index (χ4v) is 0.935. The van der Waals surface area contributed by atoms with Gasteiger partial charge in [0.1, 0.15) is 12.4 Å². The van der Waals surface area contributed by atoms with E-state index < -0.39 is 5.97 Å². The lowest BCUT2D eigenvalue weighted by molar-refractivity contribution is 0.0582. The highest BCUT2D eigenvalue weighted by Crippen LogP contribution is 2.05. The van der Waals surface area contributed by atoms with Crippen LogP contribution in [0.2, 0.25) is 0 Å². The molecule has 0 atom stereocenters. The van der Waals surface area contributed by atoms with Crippen LogP contribution in [0.5, 0.6) is 0 Å². The number of carbonyl (C=O) groups excluding carboxylic acids is 1. The van der Waals surface area contributed by atoms with Crippen molar-refractivity contribution in [2.45, 2.75) is 6.92 Å². The lowest BCUT2D eigenvalue weighted by Gasteiger charge is -2.04. The Morgan fingerprint density at radius 1 is 1.43 bits per heavy atom. The lowest BCUT2D eigenvalue weighted by Crippen LogP contribution is -2.06. The average molecular weight is 192 g/mol. The molecule has 1 N–H and O–H groups in total. The molecule has 0 saturated heterocycles. The number of aliphatic hydroxyl groups is 1. The Kier molecular flexibility index (Phi) is 3.88. The van der Waals surface area contributed by atoms with Crippen molar-refractivity contribution in [1.82, 2.24) is 0 Å². The number of allylic oxidation sites excluding steroid dienone is 1. The fourth-order valence-electron chi connectivity index (χ4n) is 0.935. The summed E-state index contributed by atoms with van der Waals surface area (Å²) in [6.45, 7) is 1.43. The molecule has 74 valence electrons. The molecule has 0 unspecified atom stereocenters. The van der Waals surface area contributed by atoms with Gasteiger partial charge in [0.25, 0.3) is 0 Å². The van der Waals surface area contributed by atoms with Gasteiger partial charge >= 0.3 is 5.97 Å². The quantitative estimate of drug-likeness (QED) is 0.586. The molecule has 0 heterocycles. The maximum atomic E-state index is 11.4. The summed E-state index contributed by atoms with van der Waals surface area (Å²) in [5.74, 6) is -0.188. The van der Waals surface area contributed by atoms with Crippen LogP contribution in [0.25, 0.3) is 0 Å². The first-order chi connectivity index (χ1) is 6.77. The molecular formula is C11H12O3.